The second kappa shape index (κ2) is 8.86. The summed E-state index contributed by atoms with van der Waals surface area (Å²) in [4.78, 5) is 31.2. The summed E-state index contributed by atoms with van der Waals surface area (Å²) < 4.78 is 0. The van der Waals surface area contributed by atoms with Crippen LogP contribution in [0.2, 0.25) is 0 Å². The van der Waals surface area contributed by atoms with Gasteiger partial charge >= 0.3 is 6.03 Å². The topological polar surface area (TPSA) is 113 Å². The number of nitrogens with zero attached hydrogens (tertiary/aromatic N) is 1. The largest absolute Gasteiger partial charge is 0.352 e. The van der Waals surface area contributed by atoms with Crippen LogP contribution in [0.3, 0.4) is 0 Å². The number of nitrogens with two attached hydrogens (primary N) is 1. The fourth-order valence-corrected chi connectivity index (χ4v) is 2.64. The molecule has 0 saturated heterocycles. The Bertz CT molecular complexity index is 699. The number of imidazole rings is 1. The molecule has 1 heterocycles. The molecule has 2 rings (SSSR count). The highest BCUT2D eigenvalue weighted by Crippen LogP contribution is 2.20. The first-order chi connectivity index (χ1) is 12.0. The number of hydrogen-bond acceptors (Lipinski definition) is 3. The molecule has 0 radical (unpaired) electrons. The molecule has 0 unspecified atom stereocenters. The number of H-pyrrole nitrogens is 1. The van der Waals surface area contributed by atoms with Crippen LogP contribution in [0.5, 0.6) is 0 Å². The quantitative estimate of drug-likeness (QED) is 0.590. The Balaban J connectivity index is 2.10. The molecule has 0 spiro atoms. The van der Waals surface area contributed by atoms with Crippen molar-refractivity contribution in [2.75, 3.05) is 0 Å². The van der Waals surface area contributed by atoms with Gasteiger partial charge in [-0.05, 0) is 18.4 Å². The molecule has 0 aliphatic heterocycles. The molecule has 1 aromatic heterocycles. The van der Waals surface area contributed by atoms with Gasteiger partial charge < -0.3 is 21.4 Å². The highest BCUT2D eigenvalue weighted by molar-refractivity contribution is 5.86. The number of benzene rings is 1. The Morgan fingerprint density at radius 1 is 1.20 bits per heavy atom. The van der Waals surface area contributed by atoms with Gasteiger partial charge in [0.25, 0.3) is 0 Å². The molecule has 7 heteroatoms. The molecular formula is C18H25N5O2. The summed E-state index contributed by atoms with van der Waals surface area (Å²) in [6.45, 7) is 3.91. The van der Waals surface area contributed by atoms with Crippen LogP contribution in [0.4, 0.5) is 4.79 Å². The molecular weight excluding hydrogens is 318 g/mol. The molecule has 7 nitrogen and oxygen atoms in total. The van der Waals surface area contributed by atoms with E-state index in [0.29, 0.717) is 18.7 Å². The second-order valence-corrected chi connectivity index (χ2v) is 5.87. The van der Waals surface area contributed by atoms with Crippen LogP contribution in [0.25, 0.3) is 11.3 Å². The molecule has 134 valence electrons. The van der Waals surface area contributed by atoms with Gasteiger partial charge in [-0.3, -0.25) is 4.79 Å². The maximum Gasteiger partial charge on any atom is 0.312 e. The smallest absolute Gasteiger partial charge is 0.312 e. The fraction of sp³-hybridized carbons (Fsp3) is 0.389. The minimum Gasteiger partial charge on any atom is -0.352 e. The fourth-order valence-electron chi connectivity index (χ4n) is 2.64. The predicted molar refractivity (Wildman–Crippen MR) is 96.6 cm³/mol. The number of hydrogen-bond donors (Lipinski definition) is 4. The minimum absolute atomic E-state index is 0.259. The van der Waals surface area contributed by atoms with Crippen LogP contribution >= 0.6 is 0 Å². The zero-order chi connectivity index (χ0) is 18.2. The number of urea groups is 1. The number of aromatic nitrogens is 2. The van der Waals surface area contributed by atoms with E-state index in [4.69, 9.17) is 5.73 Å². The van der Waals surface area contributed by atoms with Gasteiger partial charge in [-0.2, -0.15) is 0 Å². The Kier molecular flexibility index (Phi) is 6.56. The molecule has 25 heavy (non-hydrogen) atoms. The van der Waals surface area contributed by atoms with E-state index in [0.717, 1.165) is 17.7 Å². The van der Waals surface area contributed by atoms with E-state index in [-0.39, 0.29) is 11.9 Å². The van der Waals surface area contributed by atoms with Gasteiger partial charge in [0.1, 0.15) is 11.9 Å². The van der Waals surface area contributed by atoms with Crippen molar-refractivity contribution in [1.82, 2.24) is 20.6 Å². The van der Waals surface area contributed by atoms with Gasteiger partial charge in [-0.25, -0.2) is 9.78 Å². The average molecular weight is 343 g/mol. The van der Waals surface area contributed by atoms with E-state index >= 15 is 0 Å². The van der Waals surface area contributed by atoms with Crippen molar-refractivity contribution in [1.29, 1.82) is 0 Å². The van der Waals surface area contributed by atoms with Crippen LogP contribution in [-0.2, 0) is 4.79 Å². The molecule has 0 aliphatic carbocycles. The molecule has 1 aromatic carbocycles. The molecule has 3 amide bonds. The first-order valence-electron chi connectivity index (χ1n) is 8.51. The van der Waals surface area contributed by atoms with E-state index in [1.807, 2.05) is 44.2 Å². The van der Waals surface area contributed by atoms with Crippen molar-refractivity contribution in [2.24, 2.45) is 5.73 Å². The number of primary amides is 1. The van der Waals surface area contributed by atoms with Crippen LogP contribution in [0.1, 0.15) is 45.0 Å². The maximum atomic E-state index is 12.5. The molecule has 0 aliphatic rings. The summed E-state index contributed by atoms with van der Waals surface area (Å²) in [6.07, 6.45) is 3.71. The molecule has 0 fully saturated rings. The number of aromatic amines is 1. The van der Waals surface area contributed by atoms with Crippen molar-refractivity contribution < 1.29 is 9.59 Å². The van der Waals surface area contributed by atoms with Gasteiger partial charge in [0.05, 0.1) is 17.9 Å². The molecule has 0 bridgehead atoms. The standard InChI is InChI=1S/C18H25N5O2/c1-3-8-14(23-18(19)25)17(24)22-13(4-2)16-20-11-15(21-16)12-9-6-5-7-10-12/h5-7,9-11,13-14H,3-4,8H2,1-2H3,(H,20,21)(H,22,24)(H3,19,23,25)/t13-,14+/m1/s1. The highest BCUT2D eigenvalue weighted by atomic mass is 16.2. The maximum absolute atomic E-state index is 12.5. The summed E-state index contributed by atoms with van der Waals surface area (Å²) in [5.74, 6) is 0.425. The van der Waals surface area contributed by atoms with E-state index in [1.165, 1.54) is 0 Å². The van der Waals surface area contributed by atoms with Gasteiger partial charge in [-0.1, -0.05) is 50.6 Å². The number of carbonyl (C=O) groups excluding carboxylic acids is 2. The summed E-state index contributed by atoms with van der Waals surface area (Å²) in [7, 11) is 0. The van der Waals surface area contributed by atoms with Crippen molar-refractivity contribution in [3.63, 3.8) is 0 Å². The first-order valence-corrected chi connectivity index (χ1v) is 8.51. The zero-order valence-corrected chi connectivity index (χ0v) is 14.6. The Morgan fingerprint density at radius 3 is 2.52 bits per heavy atom. The SMILES string of the molecule is CCC[C@H](NC(N)=O)C(=O)N[C@H](CC)c1ncc(-c2ccccc2)[nH]1. The van der Waals surface area contributed by atoms with Crippen LogP contribution < -0.4 is 16.4 Å². The number of carbonyl (C=O) groups is 2. The van der Waals surface area contributed by atoms with E-state index in [9.17, 15) is 9.59 Å². The third-order valence-electron chi connectivity index (χ3n) is 3.95. The lowest BCUT2D eigenvalue weighted by molar-refractivity contribution is -0.123. The lowest BCUT2D eigenvalue weighted by Crippen LogP contribution is -2.49. The molecule has 2 aromatic rings. The third kappa shape index (κ3) is 5.07. The summed E-state index contributed by atoms with van der Waals surface area (Å²) in [5, 5.41) is 5.42. The molecule has 0 saturated carbocycles. The Hall–Kier alpha value is -2.83. The lowest BCUT2D eigenvalue weighted by atomic mass is 10.1. The van der Waals surface area contributed by atoms with Gasteiger partial charge in [0, 0.05) is 0 Å². The second-order valence-electron chi connectivity index (χ2n) is 5.87. The van der Waals surface area contributed by atoms with E-state index < -0.39 is 12.1 Å². The van der Waals surface area contributed by atoms with Crippen molar-refractivity contribution >= 4 is 11.9 Å². The molecule has 2 atom stereocenters. The Morgan fingerprint density at radius 2 is 1.92 bits per heavy atom. The number of amides is 3. The van der Waals surface area contributed by atoms with Crippen molar-refractivity contribution in [2.45, 2.75) is 45.2 Å². The lowest BCUT2D eigenvalue weighted by Gasteiger charge is -2.20. The monoisotopic (exact) mass is 343 g/mol. The zero-order valence-electron chi connectivity index (χ0n) is 14.6. The van der Waals surface area contributed by atoms with Crippen LogP contribution in [0.15, 0.2) is 36.5 Å². The number of nitrogens with one attached hydrogen (secondary N) is 3. The van der Waals surface area contributed by atoms with Gasteiger partial charge in [0.15, 0.2) is 0 Å². The first kappa shape index (κ1) is 18.5. The van der Waals surface area contributed by atoms with Gasteiger partial charge in [0.2, 0.25) is 5.91 Å². The van der Waals surface area contributed by atoms with Crippen molar-refractivity contribution in [3.05, 3.63) is 42.4 Å². The van der Waals surface area contributed by atoms with Gasteiger partial charge in [-0.15, -0.1) is 0 Å². The third-order valence-corrected chi connectivity index (χ3v) is 3.95. The minimum atomic E-state index is -0.703. The summed E-state index contributed by atoms with van der Waals surface area (Å²) in [6, 6.07) is 8.25. The summed E-state index contributed by atoms with van der Waals surface area (Å²) in [5.41, 5.74) is 7.08. The summed E-state index contributed by atoms with van der Waals surface area (Å²) >= 11 is 0. The van der Waals surface area contributed by atoms with Crippen LogP contribution in [0, 0.1) is 0 Å². The predicted octanol–water partition coefficient (Wildman–Crippen LogP) is 2.48. The highest BCUT2D eigenvalue weighted by Gasteiger charge is 2.23. The molecule has 5 N–H and O–H groups in total. The van der Waals surface area contributed by atoms with E-state index in [2.05, 4.69) is 20.6 Å². The van der Waals surface area contributed by atoms with Crippen molar-refractivity contribution in [3.8, 4) is 11.3 Å². The van der Waals surface area contributed by atoms with Crippen LogP contribution in [-0.4, -0.2) is 27.9 Å². The average Bonchev–Trinajstić information content (AvgIpc) is 3.09. The Labute approximate surface area is 147 Å². The van der Waals surface area contributed by atoms with E-state index in [1.54, 1.807) is 6.20 Å². The normalized spacial score (nSPS) is 13.0. The number of rotatable bonds is 8.